The standard InChI is InChI=1S/C19H20N2O2/c1-13-10-11-18-19(12-13,21-15-7-3-4-8-16(15)22-18)23-17-9-5-2-6-14(17)20-18/h2-9,13,20-21H,10-12H2,1H3/t13?,18-,19-/m1/s1. The second-order valence-electron chi connectivity index (χ2n) is 6.95. The second kappa shape index (κ2) is 4.34. The molecule has 0 radical (unpaired) electrons. The van der Waals surface area contributed by atoms with Crippen molar-refractivity contribution in [3.63, 3.8) is 0 Å². The molecule has 0 amide bonds. The third kappa shape index (κ3) is 1.72. The minimum absolute atomic E-state index is 0.567. The molecule has 2 N–H and O–H groups in total. The van der Waals surface area contributed by atoms with E-state index in [2.05, 4.69) is 29.7 Å². The van der Waals surface area contributed by atoms with Gasteiger partial charge in [-0.3, -0.25) is 0 Å². The van der Waals surface area contributed by atoms with Crippen LogP contribution < -0.4 is 20.1 Å². The Morgan fingerprint density at radius 3 is 2.13 bits per heavy atom. The zero-order valence-corrected chi connectivity index (χ0v) is 13.1. The molecule has 0 spiro atoms. The van der Waals surface area contributed by atoms with Gasteiger partial charge in [0.05, 0.1) is 11.4 Å². The average molecular weight is 308 g/mol. The molecule has 118 valence electrons. The van der Waals surface area contributed by atoms with Crippen molar-refractivity contribution in [3.8, 4) is 11.5 Å². The zero-order valence-electron chi connectivity index (χ0n) is 13.1. The first-order valence-electron chi connectivity index (χ1n) is 8.32. The number of nitrogens with one attached hydrogen (secondary N) is 2. The SMILES string of the molecule is CC1CC[C@]23Nc4ccccc4O[C@@]2(C1)Nc1ccccc1O3. The fourth-order valence-corrected chi connectivity index (χ4v) is 4.16. The predicted octanol–water partition coefficient (Wildman–Crippen LogP) is 4.21. The molecule has 3 aliphatic rings. The van der Waals surface area contributed by atoms with E-state index in [-0.39, 0.29) is 0 Å². The molecule has 2 aromatic rings. The molecule has 0 aromatic heterocycles. The van der Waals surface area contributed by atoms with Gasteiger partial charge in [-0.2, -0.15) is 0 Å². The molecule has 4 nitrogen and oxygen atoms in total. The van der Waals surface area contributed by atoms with Crippen LogP contribution in [0.4, 0.5) is 11.4 Å². The molecule has 2 aromatic carbocycles. The highest BCUT2D eigenvalue weighted by Crippen LogP contribution is 2.54. The van der Waals surface area contributed by atoms with E-state index in [1.165, 1.54) is 0 Å². The molecule has 1 saturated carbocycles. The number of hydrogen-bond acceptors (Lipinski definition) is 4. The molecule has 0 saturated heterocycles. The summed E-state index contributed by atoms with van der Waals surface area (Å²) in [6, 6.07) is 16.2. The largest absolute Gasteiger partial charge is 0.460 e. The lowest BCUT2D eigenvalue weighted by atomic mass is 9.75. The number of anilines is 2. The molecule has 2 aliphatic heterocycles. The normalized spacial score (nSPS) is 33.3. The average Bonchev–Trinajstić information content (AvgIpc) is 2.56. The fraction of sp³-hybridized carbons (Fsp3) is 0.368. The van der Waals surface area contributed by atoms with Gasteiger partial charge in [-0.15, -0.1) is 0 Å². The van der Waals surface area contributed by atoms with Gasteiger partial charge >= 0.3 is 0 Å². The van der Waals surface area contributed by atoms with Gasteiger partial charge in [-0.1, -0.05) is 31.2 Å². The lowest BCUT2D eigenvalue weighted by Crippen LogP contribution is -2.74. The predicted molar refractivity (Wildman–Crippen MR) is 89.9 cm³/mol. The van der Waals surface area contributed by atoms with Crippen LogP contribution in [0.25, 0.3) is 0 Å². The third-order valence-corrected chi connectivity index (χ3v) is 5.29. The van der Waals surface area contributed by atoms with Gasteiger partial charge < -0.3 is 20.1 Å². The molecule has 4 heteroatoms. The summed E-state index contributed by atoms with van der Waals surface area (Å²) >= 11 is 0. The molecule has 1 fully saturated rings. The quantitative estimate of drug-likeness (QED) is 0.765. The van der Waals surface area contributed by atoms with E-state index in [1.807, 2.05) is 36.4 Å². The highest BCUT2D eigenvalue weighted by Gasteiger charge is 2.63. The minimum Gasteiger partial charge on any atom is -0.460 e. The second-order valence-corrected chi connectivity index (χ2v) is 6.95. The van der Waals surface area contributed by atoms with Gasteiger partial charge in [0.25, 0.3) is 0 Å². The molecule has 1 aliphatic carbocycles. The Labute approximate surface area is 135 Å². The number of fused-ring (bicyclic) bond motifs is 2. The maximum atomic E-state index is 6.55. The molecule has 1 unspecified atom stereocenters. The molecule has 2 heterocycles. The van der Waals surface area contributed by atoms with Crippen molar-refractivity contribution in [1.82, 2.24) is 0 Å². The first-order valence-corrected chi connectivity index (χ1v) is 8.32. The summed E-state index contributed by atoms with van der Waals surface area (Å²) in [6.45, 7) is 2.28. The number of para-hydroxylation sites is 4. The van der Waals surface area contributed by atoms with E-state index in [4.69, 9.17) is 9.47 Å². The van der Waals surface area contributed by atoms with Crippen LogP contribution in [0.15, 0.2) is 48.5 Å². The van der Waals surface area contributed by atoms with Crippen molar-refractivity contribution in [2.45, 2.75) is 37.6 Å². The van der Waals surface area contributed by atoms with Crippen LogP contribution >= 0.6 is 0 Å². The Bertz CT molecular complexity index is 722. The Morgan fingerprint density at radius 1 is 0.870 bits per heavy atom. The van der Waals surface area contributed by atoms with Gasteiger partial charge in [0, 0.05) is 12.8 Å². The summed E-state index contributed by atoms with van der Waals surface area (Å²) in [4.78, 5) is 0. The van der Waals surface area contributed by atoms with Crippen LogP contribution in [-0.4, -0.2) is 11.4 Å². The van der Waals surface area contributed by atoms with Crippen molar-refractivity contribution < 1.29 is 9.47 Å². The van der Waals surface area contributed by atoms with E-state index >= 15 is 0 Å². The van der Waals surface area contributed by atoms with E-state index in [9.17, 15) is 0 Å². The Balaban J connectivity index is 1.69. The molecular formula is C19H20N2O2. The van der Waals surface area contributed by atoms with Crippen LogP contribution in [0.2, 0.25) is 0 Å². The maximum Gasteiger partial charge on any atom is 0.240 e. The molecule has 23 heavy (non-hydrogen) atoms. The molecular weight excluding hydrogens is 288 g/mol. The van der Waals surface area contributed by atoms with Crippen molar-refractivity contribution in [2.24, 2.45) is 5.92 Å². The van der Waals surface area contributed by atoms with E-state index < -0.39 is 11.4 Å². The van der Waals surface area contributed by atoms with Crippen molar-refractivity contribution in [2.75, 3.05) is 10.6 Å². The van der Waals surface area contributed by atoms with Crippen molar-refractivity contribution in [1.29, 1.82) is 0 Å². The van der Waals surface area contributed by atoms with E-state index in [0.717, 1.165) is 42.1 Å². The summed E-state index contributed by atoms with van der Waals surface area (Å²) in [7, 11) is 0. The number of hydrogen-bond donors (Lipinski definition) is 2. The first-order chi connectivity index (χ1) is 11.2. The summed E-state index contributed by atoms with van der Waals surface area (Å²) in [5.41, 5.74) is 0.854. The smallest absolute Gasteiger partial charge is 0.240 e. The summed E-state index contributed by atoms with van der Waals surface area (Å²) in [5.74, 6) is 2.34. The number of rotatable bonds is 0. The lowest BCUT2D eigenvalue weighted by Gasteiger charge is -2.59. The monoisotopic (exact) mass is 308 g/mol. The van der Waals surface area contributed by atoms with Gasteiger partial charge in [0.15, 0.2) is 0 Å². The van der Waals surface area contributed by atoms with Gasteiger partial charge in [-0.25, -0.2) is 0 Å². The molecule has 5 rings (SSSR count). The van der Waals surface area contributed by atoms with Crippen LogP contribution in [0.3, 0.4) is 0 Å². The van der Waals surface area contributed by atoms with Gasteiger partial charge in [0.2, 0.25) is 11.4 Å². The Hall–Kier alpha value is -2.36. The number of ether oxygens (including phenoxy) is 2. The highest BCUT2D eigenvalue weighted by molar-refractivity contribution is 5.67. The van der Waals surface area contributed by atoms with Crippen LogP contribution in [-0.2, 0) is 0 Å². The zero-order chi connectivity index (χ0) is 15.5. The maximum absolute atomic E-state index is 6.55. The Morgan fingerprint density at radius 2 is 1.43 bits per heavy atom. The van der Waals surface area contributed by atoms with Crippen molar-refractivity contribution >= 4 is 11.4 Å². The summed E-state index contributed by atoms with van der Waals surface area (Å²) in [6.07, 6.45) is 2.93. The van der Waals surface area contributed by atoms with Crippen LogP contribution in [0.1, 0.15) is 26.2 Å². The van der Waals surface area contributed by atoms with E-state index in [0.29, 0.717) is 5.92 Å². The topological polar surface area (TPSA) is 42.5 Å². The first kappa shape index (κ1) is 13.1. The van der Waals surface area contributed by atoms with Crippen molar-refractivity contribution in [3.05, 3.63) is 48.5 Å². The summed E-state index contributed by atoms with van der Waals surface area (Å²) < 4.78 is 13.1. The van der Waals surface area contributed by atoms with Crippen LogP contribution in [0, 0.1) is 5.92 Å². The lowest BCUT2D eigenvalue weighted by molar-refractivity contribution is -0.135. The van der Waals surface area contributed by atoms with E-state index in [1.54, 1.807) is 0 Å². The third-order valence-electron chi connectivity index (χ3n) is 5.29. The van der Waals surface area contributed by atoms with Gasteiger partial charge in [0.1, 0.15) is 11.5 Å². The summed E-state index contributed by atoms with van der Waals surface area (Å²) in [5, 5.41) is 7.32. The number of benzene rings is 2. The molecule has 3 atom stereocenters. The highest BCUT2D eigenvalue weighted by atomic mass is 16.6. The molecule has 0 bridgehead atoms. The van der Waals surface area contributed by atoms with Gasteiger partial charge in [-0.05, 0) is 36.6 Å². The van der Waals surface area contributed by atoms with Crippen LogP contribution in [0.5, 0.6) is 11.5 Å². The Kier molecular flexibility index (Phi) is 2.48. The fourth-order valence-electron chi connectivity index (χ4n) is 4.16. The minimum atomic E-state index is -0.576.